The van der Waals surface area contributed by atoms with Crippen molar-refractivity contribution in [1.82, 2.24) is 10.4 Å². The largest absolute Gasteiger partial charge is 0.453 e. The monoisotopic (exact) mass is 389 g/mol. The molecule has 0 saturated heterocycles. The Balaban J connectivity index is 1.57. The summed E-state index contributed by atoms with van der Waals surface area (Å²) in [4.78, 5) is 28.8. The van der Waals surface area contributed by atoms with Crippen LogP contribution in [-0.2, 0) is 6.42 Å². The summed E-state index contributed by atoms with van der Waals surface area (Å²) < 4.78 is 11.2. The summed E-state index contributed by atoms with van der Waals surface area (Å²) in [6, 6.07) is 13.9. The Hall–Kier alpha value is -3.74. The first kappa shape index (κ1) is 18.6. The summed E-state index contributed by atoms with van der Waals surface area (Å²) in [5.74, 6) is 0.335. The van der Waals surface area contributed by atoms with Crippen molar-refractivity contribution < 1.29 is 18.7 Å². The molecule has 29 heavy (non-hydrogen) atoms. The number of hydrazone groups is 1. The number of para-hydroxylation sites is 1. The minimum Gasteiger partial charge on any atom is -0.453 e. The van der Waals surface area contributed by atoms with Gasteiger partial charge in [0.1, 0.15) is 17.2 Å². The van der Waals surface area contributed by atoms with Gasteiger partial charge in [0.2, 0.25) is 5.76 Å². The molecule has 4 rings (SSSR count). The molecule has 0 unspecified atom stereocenters. The molecule has 1 amide bonds. The lowest BCUT2D eigenvalue weighted by Crippen LogP contribution is -2.22. The fraction of sp³-hybridized carbons (Fsp3) is 0.182. The average molecular weight is 389 g/mol. The van der Waals surface area contributed by atoms with Gasteiger partial charge in [0.05, 0.1) is 5.71 Å². The topological polar surface area (TPSA) is 93.8 Å². The Morgan fingerprint density at radius 2 is 1.90 bits per heavy atom. The van der Waals surface area contributed by atoms with E-state index in [9.17, 15) is 9.59 Å². The van der Waals surface area contributed by atoms with Gasteiger partial charge in [-0.05, 0) is 44.0 Å². The number of nitrogens with zero attached hydrogens (tertiary/aromatic N) is 2. The van der Waals surface area contributed by atoms with E-state index in [1.165, 1.54) is 0 Å². The Bertz CT molecular complexity index is 1070. The molecule has 0 spiro atoms. The standard InChI is InChI=1S/C22H19N3O4/c1-14-19-16(24-25-21(26)17-10-5-6-13-23-17)11-7-12-18(19)29-20(14)22(27)28-15-8-3-2-4-9-15/h2-6,8-10,13H,7,11-12H2,1H3,(H,25,26)/b24-16+. The maximum atomic E-state index is 12.6. The molecule has 0 radical (unpaired) electrons. The van der Waals surface area contributed by atoms with E-state index >= 15 is 0 Å². The molecule has 7 heteroatoms. The molecule has 3 aromatic rings. The first-order valence-electron chi connectivity index (χ1n) is 9.31. The number of aromatic nitrogens is 1. The first-order chi connectivity index (χ1) is 14.1. The average Bonchev–Trinajstić information content (AvgIpc) is 3.10. The minimum atomic E-state index is -0.556. The van der Waals surface area contributed by atoms with E-state index in [0.29, 0.717) is 35.6 Å². The number of benzene rings is 1. The van der Waals surface area contributed by atoms with Crippen molar-refractivity contribution in [3.05, 3.63) is 83.1 Å². The summed E-state index contributed by atoms with van der Waals surface area (Å²) in [5, 5.41) is 4.28. The van der Waals surface area contributed by atoms with Crippen LogP contribution in [-0.4, -0.2) is 22.6 Å². The third-order valence-electron chi connectivity index (χ3n) is 4.65. The smallest absolute Gasteiger partial charge is 0.379 e. The zero-order valence-electron chi connectivity index (χ0n) is 15.8. The number of ether oxygens (including phenoxy) is 1. The fourth-order valence-electron chi connectivity index (χ4n) is 3.29. The number of hydrogen-bond donors (Lipinski definition) is 1. The highest BCUT2D eigenvalue weighted by atomic mass is 16.5. The van der Waals surface area contributed by atoms with Crippen molar-refractivity contribution in [2.45, 2.75) is 26.2 Å². The second-order valence-corrected chi connectivity index (χ2v) is 6.62. The number of pyridine rings is 1. The SMILES string of the molecule is Cc1c(C(=O)Oc2ccccc2)oc2c1/C(=N/NC(=O)c1ccccn1)CCC2. The number of fused-ring (bicyclic) bond motifs is 1. The number of furan rings is 1. The van der Waals surface area contributed by atoms with Crippen LogP contribution in [0, 0.1) is 6.92 Å². The van der Waals surface area contributed by atoms with Crippen LogP contribution in [0.25, 0.3) is 0 Å². The van der Waals surface area contributed by atoms with Crippen molar-refractivity contribution in [3.8, 4) is 5.75 Å². The van der Waals surface area contributed by atoms with E-state index < -0.39 is 11.9 Å². The number of amides is 1. The summed E-state index contributed by atoms with van der Waals surface area (Å²) in [7, 11) is 0. The summed E-state index contributed by atoms with van der Waals surface area (Å²) in [6.07, 6.45) is 3.72. The van der Waals surface area contributed by atoms with Crippen molar-refractivity contribution in [3.63, 3.8) is 0 Å². The minimum absolute atomic E-state index is 0.157. The van der Waals surface area contributed by atoms with Gasteiger partial charge in [0, 0.05) is 23.7 Å². The second-order valence-electron chi connectivity index (χ2n) is 6.62. The lowest BCUT2D eigenvalue weighted by atomic mass is 9.93. The van der Waals surface area contributed by atoms with Crippen molar-refractivity contribution in [2.24, 2.45) is 5.10 Å². The van der Waals surface area contributed by atoms with Gasteiger partial charge in [-0.3, -0.25) is 9.78 Å². The Morgan fingerprint density at radius 1 is 1.10 bits per heavy atom. The molecule has 0 atom stereocenters. The van der Waals surface area contributed by atoms with Crippen LogP contribution >= 0.6 is 0 Å². The zero-order valence-corrected chi connectivity index (χ0v) is 15.8. The van der Waals surface area contributed by atoms with Crippen molar-refractivity contribution in [1.29, 1.82) is 0 Å². The number of carbonyl (C=O) groups is 2. The van der Waals surface area contributed by atoms with Gasteiger partial charge in [-0.1, -0.05) is 24.3 Å². The molecule has 2 aromatic heterocycles. The molecule has 1 N–H and O–H groups in total. The number of hydrogen-bond acceptors (Lipinski definition) is 6. The molecular formula is C22H19N3O4. The number of carbonyl (C=O) groups excluding carboxylic acids is 2. The van der Waals surface area contributed by atoms with Crippen LogP contribution < -0.4 is 10.2 Å². The van der Waals surface area contributed by atoms with E-state index in [1.54, 1.807) is 55.6 Å². The van der Waals surface area contributed by atoms with Gasteiger partial charge < -0.3 is 9.15 Å². The van der Waals surface area contributed by atoms with Crippen LogP contribution in [0.3, 0.4) is 0 Å². The van der Waals surface area contributed by atoms with Crippen molar-refractivity contribution in [2.75, 3.05) is 0 Å². The number of aryl methyl sites for hydroxylation is 1. The summed E-state index contributed by atoms with van der Waals surface area (Å²) in [5.41, 5.74) is 4.92. The van der Waals surface area contributed by atoms with Gasteiger partial charge in [-0.25, -0.2) is 10.2 Å². The maximum Gasteiger partial charge on any atom is 0.379 e. The summed E-state index contributed by atoms with van der Waals surface area (Å²) in [6.45, 7) is 1.80. The third-order valence-corrected chi connectivity index (χ3v) is 4.65. The normalized spacial score (nSPS) is 14.3. The zero-order chi connectivity index (χ0) is 20.2. The lowest BCUT2D eigenvalue weighted by Gasteiger charge is -2.13. The van der Waals surface area contributed by atoms with Gasteiger partial charge in [-0.2, -0.15) is 5.10 Å². The number of nitrogens with one attached hydrogen (secondary N) is 1. The van der Waals surface area contributed by atoms with Gasteiger partial charge in [0.15, 0.2) is 0 Å². The van der Waals surface area contributed by atoms with Gasteiger partial charge in [-0.15, -0.1) is 0 Å². The van der Waals surface area contributed by atoms with Gasteiger partial charge >= 0.3 is 5.97 Å². The quantitative estimate of drug-likeness (QED) is 0.417. The number of rotatable bonds is 4. The molecule has 0 saturated carbocycles. The molecule has 0 bridgehead atoms. The highest BCUT2D eigenvalue weighted by Gasteiger charge is 2.29. The predicted octanol–water partition coefficient (Wildman–Crippen LogP) is 3.67. The van der Waals surface area contributed by atoms with E-state index in [0.717, 1.165) is 12.0 Å². The van der Waals surface area contributed by atoms with E-state index in [2.05, 4.69) is 15.5 Å². The Labute approximate surface area is 167 Å². The van der Waals surface area contributed by atoms with Crippen LogP contribution in [0.5, 0.6) is 5.75 Å². The molecule has 0 fully saturated rings. The molecular weight excluding hydrogens is 370 g/mol. The van der Waals surface area contributed by atoms with Crippen LogP contribution in [0.15, 0.2) is 64.2 Å². The Kier molecular flexibility index (Phi) is 5.20. The third kappa shape index (κ3) is 3.94. The van der Waals surface area contributed by atoms with Crippen LogP contribution in [0.1, 0.15) is 50.8 Å². The van der Waals surface area contributed by atoms with E-state index in [1.807, 2.05) is 6.07 Å². The number of esters is 1. The van der Waals surface area contributed by atoms with Crippen molar-refractivity contribution >= 4 is 17.6 Å². The maximum absolute atomic E-state index is 12.6. The van der Waals surface area contributed by atoms with Gasteiger partial charge in [0.25, 0.3) is 5.91 Å². The van der Waals surface area contributed by atoms with Crippen LogP contribution in [0.4, 0.5) is 0 Å². The Morgan fingerprint density at radius 3 is 2.66 bits per heavy atom. The molecule has 1 aliphatic rings. The van der Waals surface area contributed by atoms with E-state index in [4.69, 9.17) is 9.15 Å². The predicted molar refractivity (Wildman–Crippen MR) is 106 cm³/mol. The molecule has 1 aromatic carbocycles. The second kappa shape index (κ2) is 8.10. The van der Waals surface area contributed by atoms with Crippen LogP contribution in [0.2, 0.25) is 0 Å². The molecule has 2 heterocycles. The summed E-state index contributed by atoms with van der Waals surface area (Å²) >= 11 is 0. The molecule has 1 aliphatic carbocycles. The molecule has 146 valence electrons. The molecule has 0 aliphatic heterocycles. The highest BCUT2D eigenvalue weighted by Crippen LogP contribution is 2.30. The highest BCUT2D eigenvalue weighted by molar-refractivity contribution is 6.06. The molecule has 7 nitrogen and oxygen atoms in total. The first-order valence-corrected chi connectivity index (χ1v) is 9.31. The lowest BCUT2D eigenvalue weighted by molar-refractivity contribution is 0.0698. The van der Waals surface area contributed by atoms with E-state index in [-0.39, 0.29) is 11.5 Å². The fourth-order valence-corrected chi connectivity index (χ4v) is 3.29.